The third kappa shape index (κ3) is 2.50. The number of halogens is 1. The molecule has 0 atom stereocenters. The van der Waals surface area contributed by atoms with E-state index in [1.54, 1.807) is 11.3 Å². The molecule has 9 aromatic rings. The van der Waals surface area contributed by atoms with Crippen molar-refractivity contribution in [1.29, 1.82) is 0 Å². The third-order valence-corrected chi connectivity index (χ3v) is 8.93. The Hall–Kier alpha value is -4.32. The summed E-state index contributed by atoms with van der Waals surface area (Å²) in [5.74, 6) is 0. The quantitative estimate of drug-likeness (QED) is 0.219. The smallest absolute Gasteiger partial charge is 0.307 e. The van der Waals surface area contributed by atoms with E-state index in [0.29, 0.717) is 16.6 Å². The molecule has 0 radical (unpaired) electrons. The summed E-state index contributed by atoms with van der Waals surface area (Å²) in [5, 5.41) is 7.21. The van der Waals surface area contributed by atoms with Crippen LogP contribution in [0.25, 0.3) is 81.0 Å². The molecule has 174 valence electrons. The molecule has 0 aliphatic heterocycles. The molecule has 0 fully saturated rings. The van der Waals surface area contributed by atoms with Crippen molar-refractivity contribution in [3.63, 3.8) is 0 Å². The van der Waals surface area contributed by atoms with Crippen LogP contribution in [0, 0.1) is 0 Å². The minimum absolute atomic E-state index is 0.494. The van der Waals surface area contributed by atoms with Crippen LogP contribution in [0.4, 0.5) is 0 Å². The van der Waals surface area contributed by atoms with Crippen molar-refractivity contribution in [2.24, 2.45) is 0 Å². The second kappa shape index (κ2) is 6.91. The lowest BCUT2D eigenvalue weighted by molar-refractivity contribution is 0.573. The van der Waals surface area contributed by atoms with Crippen molar-refractivity contribution in [1.82, 2.24) is 9.55 Å². The zero-order valence-corrected chi connectivity index (χ0v) is 20.7. The van der Waals surface area contributed by atoms with Gasteiger partial charge < -0.3 is 8.83 Å². The SMILES string of the molecule is Clc1cc2oc(-n3c4ccccc4c4ccc5c6ccccc6oc5c43)nc2c2c1sc1ccccc12. The largest absolute Gasteiger partial charge is 0.454 e. The Kier molecular flexibility index (Phi) is 3.70. The first kappa shape index (κ1) is 19.8. The van der Waals surface area contributed by atoms with Crippen molar-refractivity contribution in [3.05, 3.63) is 96.0 Å². The summed E-state index contributed by atoms with van der Waals surface area (Å²) in [6.07, 6.45) is 0. The van der Waals surface area contributed by atoms with E-state index in [0.717, 1.165) is 64.7 Å². The normalized spacial score (nSPS) is 12.5. The topological polar surface area (TPSA) is 44.1 Å². The fourth-order valence-corrected chi connectivity index (χ4v) is 7.17. The van der Waals surface area contributed by atoms with Gasteiger partial charge in [-0.05, 0) is 24.3 Å². The maximum atomic E-state index is 6.76. The van der Waals surface area contributed by atoms with E-state index in [1.165, 1.54) is 4.70 Å². The van der Waals surface area contributed by atoms with Gasteiger partial charge in [0.1, 0.15) is 16.6 Å². The Bertz CT molecular complexity index is 2390. The molecule has 5 aromatic carbocycles. The minimum atomic E-state index is 0.494. The Morgan fingerprint density at radius 1 is 0.703 bits per heavy atom. The molecular formula is C31H15ClN2O2S. The van der Waals surface area contributed by atoms with Gasteiger partial charge in [-0.3, -0.25) is 4.57 Å². The Morgan fingerprint density at radius 2 is 1.46 bits per heavy atom. The fraction of sp³-hybridized carbons (Fsp3) is 0. The molecule has 0 saturated carbocycles. The summed E-state index contributed by atoms with van der Waals surface area (Å²) >= 11 is 8.44. The molecular weight excluding hydrogens is 500 g/mol. The molecule has 0 bridgehead atoms. The van der Waals surface area contributed by atoms with Crippen LogP contribution in [-0.2, 0) is 0 Å². The van der Waals surface area contributed by atoms with E-state index in [1.807, 2.05) is 42.5 Å². The summed E-state index contributed by atoms with van der Waals surface area (Å²) in [5.41, 5.74) is 5.11. The first-order valence-electron chi connectivity index (χ1n) is 12.0. The zero-order valence-electron chi connectivity index (χ0n) is 19.2. The number of rotatable bonds is 1. The van der Waals surface area contributed by atoms with Crippen LogP contribution in [0.1, 0.15) is 0 Å². The summed E-state index contributed by atoms with van der Waals surface area (Å²) < 4.78 is 17.2. The van der Waals surface area contributed by atoms with Gasteiger partial charge in [-0.1, -0.05) is 72.3 Å². The summed E-state index contributed by atoms with van der Waals surface area (Å²) in [7, 11) is 0. The molecule has 37 heavy (non-hydrogen) atoms. The number of para-hydroxylation sites is 2. The van der Waals surface area contributed by atoms with Gasteiger partial charge in [-0.15, -0.1) is 11.3 Å². The second-order valence-electron chi connectivity index (χ2n) is 9.29. The summed E-state index contributed by atoms with van der Waals surface area (Å²) in [6.45, 7) is 0. The Labute approximate surface area is 217 Å². The van der Waals surface area contributed by atoms with E-state index in [4.69, 9.17) is 25.4 Å². The van der Waals surface area contributed by atoms with Gasteiger partial charge in [0.05, 0.1) is 15.2 Å². The highest BCUT2D eigenvalue weighted by Gasteiger charge is 2.23. The highest BCUT2D eigenvalue weighted by Crippen LogP contribution is 2.44. The van der Waals surface area contributed by atoms with E-state index in [9.17, 15) is 0 Å². The predicted octanol–water partition coefficient (Wildman–Crippen LogP) is 9.85. The van der Waals surface area contributed by atoms with Crippen LogP contribution in [0.3, 0.4) is 0 Å². The molecule has 0 amide bonds. The maximum absolute atomic E-state index is 6.76. The number of aromatic nitrogens is 2. The highest BCUT2D eigenvalue weighted by molar-refractivity contribution is 7.26. The van der Waals surface area contributed by atoms with E-state index in [-0.39, 0.29) is 0 Å². The van der Waals surface area contributed by atoms with Crippen LogP contribution >= 0.6 is 22.9 Å². The van der Waals surface area contributed by atoms with E-state index >= 15 is 0 Å². The number of hydrogen-bond acceptors (Lipinski definition) is 4. The summed E-state index contributed by atoms with van der Waals surface area (Å²) in [6, 6.07) is 31.5. The molecule has 0 aliphatic carbocycles. The Balaban J connectivity index is 1.48. The minimum Gasteiger partial charge on any atom is -0.454 e. The lowest BCUT2D eigenvalue weighted by Crippen LogP contribution is -1.94. The van der Waals surface area contributed by atoms with Crippen LogP contribution in [0.5, 0.6) is 0 Å². The highest BCUT2D eigenvalue weighted by atomic mass is 35.5. The molecule has 0 aliphatic rings. The molecule has 4 nitrogen and oxygen atoms in total. The molecule has 0 N–H and O–H groups in total. The van der Waals surface area contributed by atoms with E-state index < -0.39 is 0 Å². The van der Waals surface area contributed by atoms with Gasteiger partial charge in [0.15, 0.2) is 11.2 Å². The van der Waals surface area contributed by atoms with Crippen molar-refractivity contribution in [2.75, 3.05) is 0 Å². The monoisotopic (exact) mass is 514 g/mol. The van der Waals surface area contributed by atoms with Crippen molar-refractivity contribution in [2.45, 2.75) is 0 Å². The predicted molar refractivity (Wildman–Crippen MR) is 154 cm³/mol. The number of fused-ring (bicyclic) bond motifs is 12. The molecule has 0 spiro atoms. The van der Waals surface area contributed by atoms with Gasteiger partial charge in [0, 0.05) is 43.1 Å². The first-order valence-corrected chi connectivity index (χ1v) is 13.2. The van der Waals surface area contributed by atoms with Gasteiger partial charge in [-0.25, -0.2) is 0 Å². The number of nitrogens with zero attached hydrogens (tertiary/aromatic N) is 2. The summed E-state index contributed by atoms with van der Waals surface area (Å²) in [4.78, 5) is 5.11. The van der Waals surface area contributed by atoms with Gasteiger partial charge in [0.2, 0.25) is 0 Å². The first-order chi connectivity index (χ1) is 18.3. The molecule has 6 heteroatoms. The van der Waals surface area contributed by atoms with Gasteiger partial charge in [-0.2, -0.15) is 4.98 Å². The standard InChI is InChI=1S/C31H15ClN2O2S/c32-21-15-24-27(26-20-9-3-6-12-25(20)37-30(21)26)33-31(36-24)34-22-10-4-1-7-16(22)18-13-14-19-17-8-2-5-11-23(17)35-29(19)28(18)34/h1-15H. The molecule has 0 saturated heterocycles. The van der Waals surface area contributed by atoms with Crippen molar-refractivity contribution in [3.8, 4) is 6.01 Å². The lowest BCUT2D eigenvalue weighted by Gasteiger charge is -2.02. The lowest BCUT2D eigenvalue weighted by atomic mass is 10.1. The van der Waals surface area contributed by atoms with Crippen molar-refractivity contribution < 1.29 is 8.83 Å². The van der Waals surface area contributed by atoms with Gasteiger partial charge >= 0.3 is 6.01 Å². The number of furan rings is 1. The molecule has 4 heterocycles. The second-order valence-corrected chi connectivity index (χ2v) is 10.8. The molecule has 4 aromatic heterocycles. The number of benzene rings is 5. The number of thiophene rings is 1. The van der Waals surface area contributed by atoms with Crippen molar-refractivity contribution >= 4 is 98.0 Å². The van der Waals surface area contributed by atoms with Crippen LogP contribution in [0.2, 0.25) is 5.02 Å². The maximum Gasteiger partial charge on any atom is 0.307 e. The van der Waals surface area contributed by atoms with Gasteiger partial charge in [0.25, 0.3) is 0 Å². The fourth-order valence-electron chi connectivity index (χ4n) is 5.75. The van der Waals surface area contributed by atoms with E-state index in [2.05, 4.69) is 53.1 Å². The number of oxazole rings is 1. The third-order valence-electron chi connectivity index (χ3n) is 7.32. The average Bonchev–Trinajstić information content (AvgIpc) is 3.68. The molecule has 0 unspecified atom stereocenters. The Morgan fingerprint density at radius 3 is 2.38 bits per heavy atom. The van der Waals surface area contributed by atoms with Crippen LogP contribution < -0.4 is 0 Å². The number of hydrogen-bond donors (Lipinski definition) is 0. The zero-order chi connectivity index (χ0) is 24.2. The average molecular weight is 515 g/mol. The van der Waals surface area contributed by atoms with Crippen LogP contribution in [0.15, 0.2) is 99.8 Å². The molecule has 9 rings (SSSR count). The van der Waals surface area contributed by atoms with Crippen LogP contribution in [-0.4, -0.2) is 9.55 Å².